The third-order valence-electron chi connectivity index (χ3n) is 1.11. The molecule has 5 nitrogen and oxygen atoms in total. The van der Waals surface area contributed by atoms with Gasteiger partial charge in [-0.15, -0.1) is 0 Å². The molecule has 0 aliphatic carbocycles. The zero-order valence-electron chi connectivity index (χ0n) is 9.11. The van der Waals surface area contributed by atoms with Crippen molar-refractivity contribution in [1.29, 1.82) is 5.26 Å². The standard InChI is InChI=1S/C6H7NO2.C4H8O2/c1-2-3-5(4-7)6(8)9;1-3-6-4(2)5/h3H,2H2,1H3,(H,8,9);3H2,1-2H3/b5-3+;. The molecule has 0 rings (SSSR count). The molecular formula is C10H15NO4. The smallest absolute Gasteiger partial charge is 0.346 e. The Kier molecular flexibility index (Phi) is 10.7. The molecule has 0 aromatic carbocycles. The van der Waals surface area contributed by atoms with Gasteiger partial charge in [0.15, 0.2) is 0 Å². The molecule has 0 amide bonds. The van der Waals surface area contributed by atoms with Crippen LogP contribution in [0.1, 0.15) is 27.2 Å². The van der Waals surface area contributed by atoms with Crippen molar-refractivity contribution in [2.24, 2.45) is 0 Å². The fourth-order valence-corrected chi connectivity index (χ4v) is 0.588. The summed E-state index contributed by atoms with van der Waals surface area (Å²) in [6, 6.07) is 1.56. The van der Waals surface area contributed by atoms with E-state index in [4.69, 9.17) is 10.4 Å². The molecule has 0 atom stereocenters. The van der Waals surface area contributed by atoms with Gasteiger partial charge in [-0.2, -0.15) is 5.26 Å². The maximum atomic E-state index is 10.0. The molecule has 0 unspecified atom stereocenters. The number of nitrogens with zero attached hydrogens (tertiary/aromatic N) is 1. The van der Waals surface area contributed by atoms with Crippen LogP contribution in [0.15, 0.2) is 11.6 Å². The van der Waals surface area contributed by atoms with Crippen LogP contribution in [0.2, 0.25) is 0 Å². The van der Waals surface area contributed by atoms with Gasteiger partial charge in [-0.1, -0.05) is 13.0 Å². The van der Waals surface area contributed by atoms with Gasteiger partial charge in [0, 0.05) is 6.92 Å². The van der Waals surface area contributed by atoms with Crippen molar-refractivity contribution in [1.82, 2.24) is 0 Å². The summed E-state index contributed by atoms with van der Waals surface area (Å²) in [5.74, 6) is -1.36. The number of ether oxygens (including phenoxy) is 1. The largest absolute Gasteiger partial charge is 0.477 e. The maximum absolute atomic E-state index is 10.0. The lowest BCUT2D eigenvalue weighted by atomic mass is 10.2. The number of esters is 1. The first-order valence-corrected chi connectivity index (χ1v) is 4.46. The second kappa shape index (κ2) is 10.3. The van der Waals surface area contributed by atoms with Crippen molar-refractivity contribution < 1.29 is 19.4 Å². The van der Waals surface area contributed by atoms with Crippen molar-refractivity contribution in [2.75, 3.05) is 6.61 Å². The van der Waals surface area contributed by atoms with Crippen molar-refractivity contribution in [3.8, 4) is 6.07 Å². The van der Waals surface area contributed by atoms with Gasteiger partial charge in [0.1, 0.15) is 11.6 Å². The number of hydrogen-bond acceptors (Lipinski definition) is 4. The van der Waals surface area contributed by atoms with E-state index in [9.17, 15) is 9.59 Å². The fourth-order valence-electron chi connectivity index (χ4n) is 0.588. The molecule has 0 spiro atoms. The van der Waals surface area contributed by atoms with E-state index < -0.39 is 5.97 Å². The summed E-state index contributed by atoms with van der Waals surface area (Å²) in [6.07, 6.45) is 1.96. The molecule has 1 N–H and O–H groups in total. The van der Waals surface area contributed by atoms with E-state index in [1.165, 1.54) is 13.0 Å². The third-order valence-corrected chi connectivity index (χ3v) is 1.11. The minimum Gasteiger partial charge on any atom is -0.477 e. The molecule has 0 aliphatic heterocycles. The molecule has 0 aromatic heterocycles. The minimum absolute atomic E-state index is 0.183. The van der Waals surface area contributed by atoms with Gasteiger partial charge in [0.05, 0.1) is 6.61 Å². The summed E-state index contributed by atoms with van der Waals surface area (Å²) in [4.78, 5) is 19.9. The predicted octanol–water partition coefficient (Wildman–Crippen LogP) is 1.50. The number of hydrogen-bond donors (Lipinski definition) is 1. The molecule has 0 aromatic rings. The van der Waals surface area contributed by atoms with Crippen LogP contribution in [0.25, 0.3) is 0 Å². The summed E-state index contributed by atoms with van der Waals surface area (Å²) < 4.78 is 4.40. The molecule has 15 heavy (non-hydrogen) atoms. The minimum atomic E-state index is -1.15. The predicted molar refractivity (Wildman–Crippen MR) is 53.9 cm³/mol. The number of carbonyl (C=O) groups excluding carboxylic acids is 1. The van der Waals surface area contributed by atoms with Crippen LogP contribution in [0.3, 0.4) is 0 Å². The van der Waals surface area contributed by atoms with Gasteiger partial charge >= 0.3 is 11.9 Å². The highest BCUT2D eigenvalue weighted by Gasteiger charge is 2.02. The normalized spacial score (nSPS) is 9.33. The summed E-state index contributed by atoms with van der Waals surface area (Å²) in [5.41, 5.74) is -0.183. The Morgan fingerprint density at radius 2 is 2.00 bits per heavy atom. The van der Waals surface area contributed by atoms with Crippen molar-refractivity contribution in [3.63, 3.8) is 0 Å². The molecule has 0 aliphatic rings. The maximum Gasteiger partial charge on any atom is 0.346 e. The van der Waals surface area contributed by atoms with Gasteiger partial charge in [0.25, 0.3) is 0 Å². The van der Waals surface area contributed by atoms with E-state index in [2.05, 4.69) is 4.74 Å². The number of carbonyl (C=O) groups is 2. The first-order valence-electron chi connectivity index (χ1n) is 4.46. The third kappa shape index (κ3) is 12.2. The van der Waals surface area contributed by atoms with E-state index in [0.29, 0.717) is 13.0 Å². The second-order valence-electron chi connectivity index (χ2n) is 2.37. The number of aliphatic carboxylic acids is 1. The highest BCUT2D eigenvalue weighted by Crippen LogP contribution is 1.93. The fraction of sp³-hybridized carbons (Fsp3) is 0.500. The zero-order chi connectivity index (χ0) is 12.3. The van der Waals surface area contributed by atoms with Crippen LogP contribution in [0.4, 0.5) is 0 Å². The van der Waals surface area contributed by atoms with Crippen LogP contribution < -0.4 is 0 Å². The second-order valence-corrected chi connectivity index (χ2v) is 2.37. The van der Waals surface area contributed by atoms with Crippen molar-refractivity contribution >= 4 is 11.9 Å². The Morgan fingerprint density at radius 3 is 2.07 bits per heavy atom. The lowest BCUT2D eigenvalue weighted by Crippen LogP contribution is -1.96. The Bertz CT molecular complexity index is 276. The topological polar surface area (TPSA) is 87.4 Å². The van der Waals surface area contributed by atoms with Crippen LogP contribution in [0.5, 0.6) is 0 Å². The Morgan fingerprint density at radius 1 is 1.47 bits per heavy atom. The highest BCUT2D eigenvalue weighted by molar-refractivity contribution is 5.90. The molecule has 0 saturated heterocycles. The Balaban J connectivity index is 0. The Hall–Kier alpha value is -1.83. The van der Waals surface area contributed by atoms with Crippen LogP contribution in [-0.2, 0) is 14.3 Å². The number of carboxylic acid groups (broad SMARTS) is 1. The molecule has 0 bridgehead atoms. The summed E-state index contributed by atoms with van der Waals surface area (Å²) in [6.45, 7) is 5.43. The van der Waals surface area contributed by atoms with Gasteiger partial charge in [-0.25, -0.2) is 4.79 Å². The van der Waals surface area contributed by atoms with Gasteiger partial charge < -0.3 is 9.84 Å². The summed E-state index contributed by atoms with van der Waals surface area (Å²) in [5, 5.41) is 16.3. The molecule has 0 fully saturated rings. The molecule has 5 heteroatoms. The molecule has 0 heterocycles. The highest BCUT2D eigenvalue weighted by atomic mass is 16.5. The Labute approximate surface area is 89.0 Å². The SMILES string of the molecule is CC/C=C(\C#N)C(=O)O.CCOC(C)=O. The summed E-state index contributed by atoms with van der Waals surface area (Å²) >= 11 is 0. The van der Waals surface area contributed by atoms with Gasteiger partial charge in [0.2, 0.25) is 0 Å². The van der Waals surface area contributed by atoms with Crippen LogP contribution >= 0.6 is 0 Å². The van der Waals surface area contributed by atoms with E-state index in [-0.39, 0.29) is 11.5 Å². The lowest BCUT2D eigenvalue weighted by Gasteiger charge is -1.89. The first-order chi connectivity index (χ1) is 6.99. The number of allylic oxidation sites excluding steroid dienone is 1. The number of rotatable bonds is 3. The van der Waals surface area contributed by atoms with Crippen LogP contribution in [0, 0.1) is 11.3 Å². The van der Waals surface area contributed by atoms with Crippen LogP contribution in [-0.4, -0.2) is 23.7 Å². The number of nitriles is 1. The average molecular weight is 213 g/mol. The van der Waals surface area contributed by atoms with E-state index >= 15 is 0 Å². The summed E-state index contributed by atoms with van der Waals surface area (Å²) in [7, 11) is 0. The quantitative estimate of drug-likeness (QED) is 0.436. The lowest BCUT2D eigenvalue weighted by molar-refractivity contribution is -0.140. The first kappa shape index (κ1) is 15.6. The van der Waals surface area contributed by atoms with E-state index in [1.54, 1.807) is 19.9 Å². The number of carboxylic acids is 1. The van der Waals surface area contributed by atoms with E-state index in [1.807, 2.05) is 0 Å². The average Bonchev–Trinajstić information content (AvgIpc) is 2.14. The van der Waals surface area contributed by atoms with Crippen molar-refractivity contribution in [2.45, 2.75) is 27.2 Å². The molecular weight excluding hydrogens is 198 g/mol. The van der Waals surface area contributed by atoms with Crippen molar-refractivity contribution in [3.05, 3.63) is 11.6 Å². The molecule has 0 radical (unpaired) electrons. The zero-order valence-corrected chi connectivity index (χ0v) is 9.11. The molecule has 84 valence electrons. The monoisotopic (exact) mass is 213 g/mol. The van der Waals surface area contributed by atoms with Gasteiger partial charge in [-0.05, 0) is 13.3 Å². The van der Waals surface area contributed by atoms with E-state index in [0.717, 1.165) is 0 Å². The molecule has 0 saturated carbocycles. The van der Waals surface area contributed by atoms with Gasteiger partial charge in [-0.3, -0.25) is 4.79 Å².